The molecule has 6 heteroatoms. The largest absolute Gasteiger partial charge is 0.360 e. The van der Waals surface area contributed by atoms with Gasteiger partial charge in [0.05, 0.1) is 30.0 Å². The topological polar surface area (TPSA) is 58.6 Å². The van der Waals surface area contributed by atoms with Crippen molar-refractivity contribution in [3.63, 3.8) is 0 Å². The van der Waals surface area contributed by atoms with Crippen LogP contribution in [-0.2, 0) is 19.9 Å². The molecule has 4 aliphatic rings. The third-order valence-electron chi connectivity index (χ3n) is 7.08. The summed E-state index contributed by atoms with van der Waals surface area (Å²) in [5, 5.41) is 3.27. The number of nitrogens with one attached hydrogen (secondary N) is 1. The molecule has 3 heterocycles. The summed E-state index contributed by atoms with van der Waals surface area (Å²) in [6.45, 7) is 3.09. The fourth-order valence-electron chi connectivity index (χ4n) is 5.70. The molecule has 0 radical (unpaired) electrons. The number of nitrogens with zero attached hydrogens (tertiary/aromatic N) is 1. The molecule has 1 aromatic rings. The molecular weight excluding hydrogens is 359 g/mol. The summed E-state index contributed by atoms with van der Waals surface area (Å²) in [6.07, 6.45) is 7.24. The number of halogens is 1. The summed E-state index contributed by atoms with van der Waals surface area (Å²) in [7, 11) is 0. The van der Waals surface area contributed by atoms with Gasteiger partial charge >= 0.3 is 0 Å². The van der Waals surface area contributed by atoms with E-state index in [2.05, 4.69) is 5.32 Å². The summed E-state index contributed by atoms with van der Waals surface area (Å²) in [5.74, 6) is -1.36. The molecule has 5 rings (SSSR count). The number of fused-ring (bicyclic) bond motifs is 1. The van der Waals surface area contributed by atoms with Crippen LogP contribution in [0.15, 0.2) is 36.4 Å². The molecule has 1 N–H and O–H groups in total. The number of amides is 2. The number of hydrogen-bond acceptors (Lipinski definition) is 3. The van der Waals surface area contributed by atoms with Crippen molar-refractivity contribution in [3.8, 4) is 0 Å². The van der Waals surface area contributed by atoms with E-state index in [-0.39, 0.29) is 23.7 Å². The highest BCUT2D eigenvalue weighted by Crippen LogP contribution is 2.52. The predicted molar refractivity (Wildman–Crippen MR) is 101 cm³/mol. The quantitative estimate of drug-likeness (QED) is 0.812. The maximum absolute atomic E-state index is 13.4. The lowest BCUT2D eigenvalue weighted by Gasteiger charge is -2.34. The molecule has 28 heavy (non-hydrogen) atoms. The zero-order valence-corrected chi connectivity index (χ0v) is 16.0. The third kappa shape index (κ3) is 2.40. The highest BCUT2D eigenvalue weighted by molar-refractivity contribution is 5.93. The van der Waals surface area contributed by atoms with Gasteiger partial charge in [0.1, 0.15) is 11.4 Å². The molecule has 1 aliphatic carbocycles. The normalized spacial score (nSPS) is 34.9. The minimum atomic E-state index is -0.654. The van der Waals surface area contributed by atoms with E-state index in [1.807, 2.05) is 19.1 Å². The van der Waals surface area contributed by atoms with Crippen LogP contribution in [0.1, 0.15) is 38.2 Å². The monoisotopic (exact) mass is 384 g/mol. The van der Waals surface area contributed by atoms with Gasteiger partial charge in [-0.2, -0.15) is 0 Å². The zero-order valence-electron chi connectivity index (χ0n) is 16.0. The first-order chi connectivity index (χ1) is 13.5. The van der Waals surface area contributed by atoms with Crippen LogP contribution in [0.25, 0.3) is 0 Å². The maximum Gasteiger partial charge on any atom is 0.230 e. The van der Waals surface area contributed by atoms with E-state index in [4.69, 9.17) is 4.74 Å². The van der Waals surface area contributed by atoms with Crippen LogP contribution in [0.3, 0.4) is 0 Å². The van der Waals surface area contributed by atoms with Crippen molar-refractivity contribution in [2.24, 2.45) is 11.8 Å². The third-order valence-corrected chi connectivity index (χ3v) is 7.08. The van der Waals surface area contributed by atoms with Gasteiger partial charge in [0.2, 0.25) is 11.8 Å². The van der Waals surface area contributed by atoms with Crippen LogP contribution in [-0.4, -0.2) is 41.5 Å². The van der Waals surface area contributed by atoms with Crippen molar-refractivity contribution in [2.75, 3.05) is 13.1 Å². The summed E-state index contributed by atoms with van der Waals surface area (Å²) in [5.41, 5.74) is -0.212. The lowest BCUT2D eigenvalue weighted by atomic mass is 9.76. The van der Waals surface area contributed by atoms with Crippen LogP contribution in [0.5, 0.6) is 0 Å². The Bertz CT molecular complexity index is 846. The second-order valence-corrected chi connectivity index (χ2v) is 8.54. The molecule has 2 amide bonds. The van der Waals surface area contributed by atoms with E-state index in [9.17, 15) is 14.0 Å². The highest BCUT2D eigenvalue weighted by atomic mass is 19.1. The second kappa shape index (κ2) is 6.14. The molecule has 1 saturated carbocycles. The van der Waals surface area contributed by atoms with Gasteiger partial charge in [-0.05, 0) is 37.5 Å². The number of likely N-dealkylation sites (tertiary alicyclic amines) is 1. The summed E-state index contributed by atoms with van der Waals surface area (Å²) >= 11 is 0. The fourth-order valence-corrected chi connectivity index (χ4v) is 5.70. The van der Waals surface area contributed by atoms with Crippen molar-refractivity contribution in [2.45, 2.75) is 49.9 Å². The molecule has 5 nitrogen and oxygen atoms in total. The second-order valence-electron chi connectivity index (χ2n) is 8.54. The van der Waals surface area contributed by atoms with Crippen molar-refractivity contribution in [1.29, 1.82) is 0 Å². The Morgan fingerprint density at radius 3 is 2.68 bits per heavy atom. The van der Waals surface area contributed by atoms with E-state index in [0.717, 1.165) is 31.2 Å². The molecule has 0 aromatic heterocycles. The fraction of sp³-hybridized carbons (Fsp3) is 0.545. The summed E-state index contributed by atoms with van der Waals surface area (Å²) < 4.78 is 19.6. The van der Waals surface area contributed by atoms with Gasteiger partial charge in [0, 0.05) is 6.54 Å². The van der Waals surface area contributed by atoms with Crippen molar-refractivity contribution < 1.29 is 18.7 Å². The number of likely N-dealkylation sites (N-methyl/N-ethyl adjacent to an activating group) is 1. The van der Waals surface area contributed by atoms with Gasteiger partial charge in [0.25, 0.3) is 0 Å². The predicted octanol–water partition coefficient (Wildman–Crippen LogP) is 2.51. The van der Waals surface area contributed by atoms with Crippen molar-refractivity contribution in [3.05, 3.63) is 47.8 Å². The smallest absolute Gasteiger partial charge is 0.230 e. The maximum atomic E-state index is 13.4. The Morgan fingerprint density at radius 2 is 2.00 bits per heavy atom. The Morgan fingerprint density at radius 1 is 1.29 bits per heavy atom. The van der Waals surface area contributed by atoms with Crippen LogP contribution in [0.4, 0.5) is 4.39 Å². The average molecular weight is 384 g/mol. The Kier molecular flexibility index (Phi) is 3.92. The van der Waals surface area contributed by atoms with E-state index < -0.39 is 23.0 Å². The molecule has 1 aromatic carbocycles. The van der Waals surface area contributed by atoms with Crippen LogP contribution < -0.4 is 5.32 Å². The lowest BCUT2D eigenvalue weighted by molar-refractivity contribution is -0.138. The molecule has 0 unspecified atom stereocenters. The van der Waals surface area contributed by atoms with E-state index in [1.165, 1.54) is 12.1 Å². The standard InChI is InChI=1S/C22H25FN2O3/c1-2-25-13-22-12-9-16(28-22)17(18(22)20(25)27)19(26)24-21(10-3-4-11-21)14-5-7-15(23)8-6-14/h5-9,12,16-18H,2-4,10-11,13H2,1H3,(H,24,26)/t16-,17-,18-,22-/m1/s1. The van der Waals surface area contributed by atoms with Gasteiger partial charge in [0.15, 0.2) is 0 Å². The number of carbonyl (C=O) groups is 2. The number of hydrogen-bond donors (Lipinski definition) is 1. The minimum Gasteiger partial charge on any atom is -0.360 e. The van der Waals surface area contributed by atoms with Gasteiger partial charge in [-0.25, -0.2) is 4.39 Å². The Balaban J connectivity index is 1.44. The van der Waals surface area contributed by atoms with E-state index >= 15 is 0 Å². The van der Waals surface area contributed by atoms with Crippen LogP contribution in [0, 0.1) is 17.7 Å². The molecule has 148 valence electrons. The first-order valence-electron chi connectivity index (χ1n) is 10.2. The molecule has 3 aliphatic heterocycles. The zero-order chi connectivity index (χ0) is 19.5. The first kappa shape index (κ1) is 17.9. The molecule has 3 fully saturated rings. The number of rotatable bonds is 4. The first-order valence-corrected chi connectivity index (χ1v) is 10.2. The molecule has 4 atom stereocenters. The Labute approximate surface area is 163 Å². The van der Waals surface area contributed by atoms with Gasteiger partial charge < -0.3 is 15.0 Å². The average Bonchev–Trinajstić information content (AvgIpc) is 3.44. The number of ether oxygens (including phenoxy) is 1. The van der Waals surface area contributed by atoms with E-state index in [1.54, 1.807) is 17.0 Å². The summed E-state index contributed by atoms with van der Waals surface area (Å²) in [4.78, 5) is 28.2. The minimum absolute atomic E-state index is 0.0109. The molecule has 2 bridgehead atoms. The van der Waals surface area contributed by atoms with Crippen LogP contribution in [0.2, 0.25) is 0 Å². The van der Waals surface area contributed by atoms with Gasteiger partial charge in [-0.15, -0.1) is 0 Å². The van der Waals surface area contributed by atoms with Crippen LogP contribution >= 0.6 is 0 Å². The van der Waals surface area contributed by atoms with Crippen molar-refractivity contribution >= 4 is 11.8 Å². The van der Waals surface area contributed by atoms with E-state index in [0.29, 0.717) is 13.1 Å². The molecular formula is C22H25FN2O3. The Hall–Kier alpha value is -2.21. The highest BCUT2D eigenvalue weighted by Gasteiger charge is 2.66. The SMILES string of the molecule is CCN1C[C@@]23C=C[C@@H](O2)[C@@H](C(=O)NC2(c4ccc(F)cc4)CCCC2)[C@@H]3C1=O. The number of benzene rings is 1. The van der Waals surface area contributed by atoms with Gasteiger partial charge in [-0.1, -0.05) is 37.1 Å². The number of carbonyl (C=O) groups excluding carboxylic acids is 2. The molecule has 1 spiro atoms. The molecule has 2 saturated heterocycles. The van der Waals surface area contributed by atoms with Gasteiger partial charge in [-0.3, -0.25) is 9.59 Å². The lowest BCUT2D eigenvalue weighted by Crippen LogP contribution is -2.51. The summed E-state index contributed by atoms with van der Waals surface area (Å²) in [6, 6.07) is 6.41. The van der Waals surface area contributed by atoms with Crippen molar-refractivity contribution in [1.82, 2.24) is 10.2 Å².